The minimum absolute atomic E-state index is 0.355. The number of amides is 2. The number of H-pyrrole nitrogens is 1. The monoisotopic (exact) mass is 353 g/mol. The van der Waals surface area contributed by atoms with Crippen molar-refractivity contribution in [1.82, 2.24) is 30.6 Å². The van der Waals surface area contributed by atoms with Crippen LogP contribution < -0.4 is 10.6 Å². The van der Waals surface area contributed by atoms with Gasteiger partial charge in [0.1, 0.15) is 11.9 Å². The van der Waals surface area contributed by atoms with E-state index in [2.05, 4.69) is 36.0 Å². The van der Waals surface area contributed by atoms with Crippen LogP contribution in [0.25, 0.3) is 11.4 Å². The second kappa shape index (κ2) is 6.58. The molecule has 9 heteroatoms. The van der Waals surface area contributed by atoms with E-state index in [4.69, 9.17) is 4.52 Å². The molecule has 1 saturated carbocycles. The number of aromatic amines is 1. The third kappa shape index (κ3) is 3.56. The number of aryl methyl sites for hydroxylation is 1. The molecule has 0 saturated heterocycles. The average Bonchev–Trinajstić information content (AvgIpc) is 3.17. The first-order chi connectivity index (χ1) is 12.6. The van der Waals surface area contributed by atoms with Gasteiger partial charge in [-0.1, -0.05) is 17.3 Å². The number of anilines is 1. The quantitative estimate of drug-likeness (QED) is 0.648. The van der Waals surface area contributed by atoms with Gasteiger partial charge in [-0.3, -0.25) is 5.10 Å². The van der Waals surface area contributed by atoms with Crippen LogP contribution in [0.3, 0.4) is 0 Å². The highest BCUT2D eigenvalue weighted by Gasteiger charge is 2.29. The van der Waals surface area contributed by atoms with Gasteiger partial charge in [-0.25, -0.2) is 9.78 Å². The molecule has 1 fully saturated rings. The first-order valence-corrected chi connectivity index (χ1v) is 8.49. The molecular weight excluding hydrogens is 334 g/mol. The van der Waals surface area contributed by atoms with Crippen LogP contribution in [0.15, 0.2) is 28.8 Å². The van der Waals surface area contributed by atoms with Gasteiger partial charge in [0, 0.05) is 17.2 Å². The molecule has 0 spiro atoms. The lowest BCUT2D eigenvalue weighted by Crippen LogP contribution is -2.31. The van der Waals surface area contributed by atoms with Crippen molar-refractivity contribution in [2.75, 3.05) is 5.32 Å². The lowest BCUT2D eigenvalue weighted by molar-refractivity contribution is 0.245. The molecule has 26 heavy (non-hydrogen) atoms. The highest BCUT2D eigenvalue weighted by Crippen LogP contribution is 2.38. The summed E-state index contributed by atoms with van der Waals surface area (Å²) in [7, 11) is 0. The molecule has 3 aromatic rings. The Hall–Kier alpha value is -3.23. The summed E-state index contributed by atoms with van der Waals surface area (Å²) in [5, 5.41) is 16.5. The fourth-order valence-electron chi connectivity index (χ4n) is 2.56. The number of nitrogens with one attached hydrogen (secondary N) is 3. The number of hydrogen-bond donors (Lipinski definition) is 3. The normalized spacial score (nSPS) is 14.8. The van der Waals surface area contributed by atoms with E-state index in [1.165, 1.54) is 0 Å². The molecule has 4 rings (SSSR count). The molecular formula is C17H19N7O2. The summed E-state index contributed by atoms with van der Waals surface area (Å²) in [4.78, 5) is 20.9. The van der Waals surface area contributed by atoms with E-state index in [1.54, 1.807) is 13.0 Å². The molecule has 0 bridgehead atoms. The lowest BCUT2D eigenvalue weighted by Gasteiger charge is -2.11. The Morgan fingerprint density at radius 2 is 2.19 bits per heavy atom. The molecule has 9 nitrogen and oxygen atoms in total. The SMILES string of the molecule is Cc1nc(-c2cccc(NC(=O)N[C@H](C)c3nc(C4CC4)no3)c2)n[nH]1. The molecule has 1 aromatic carbocycles. The second-order valence-electron chi connectivity index (χ2n) is 6.41. The highest BCUT2D eigenvalue weighted by atomic mass is 16.5. The molecule has 0 unspecified atom stereocenters. The smallest absolute Gasteiger partial charge is 0.319 e. The third-order valence-corrected chi connectivity index (χ3v) is 4.09. The third-order valence-electron chi connectivity index (χ3n) is 4.09. The van der Waals surface area contributed by atoms with Crippen LogP contribution in [0.4, 0.5) is 10.5 Å². The molecule has 0 aliphatic heterocycles. The molecule has 0 radical (unpaired) electrons. The standard InChI is InChI=1S/C17H19N7O2/c1-9(16-21-15(24-26-16)11-6-7-11)18-17(25)20-13-5-3-4-12(8-13)14-19-10(2)22-23-14/h3-5,8-9,11H,6-7H2,1-2H3,(H2,18,20,25)(H,19,22,23)/t9-/m1/s1. The average molecular weight is 353 g/mol. The molecule has 1 aliphatic rings. The van der Waals surface area contributed by atoms with Gasteiger partial charge in [0.2, 0.25) is 5.89 Å². The Balaban J connectivity index is 1.39. The Labute approximate surface area is 149 Å². The Morgan fingerprint density at radius 3 is 2.92 bits per heavy atom. The summed E-state index contributed by atoms with van der Waals surface area (Å²) in [5.41, 5.74) is 1.45. The van der Waals surface area contributed by atoms with Crippen LogP contribution in [0.1, 0.15) is 49.3 Å². The Morgan fingerprint density at radius 1 is 1.35 bits per heavy atom. The van der Waals surface area contributed by atoms with Crippen LogP contribution in [0.5, 0.6) is 0 Å². The van der Waals surface area contributed by atoms with Crippen LogP contribution >= 0.6 is 0 Å². The van der Waals surface area contributed by atoms with Crippen LogP contribution in [-0.4, -0.2) is 31.4 Å². The maximum absolute atomic E-state index is 12.3. The minimum atomic E-state index is -0.381. The molecule has 2 heterocycles. The van der Waals surface area contributed by atoms with Gasteiger partial charge in [0.05, 0.1) is 0 Å². The van der Waals surface area contributed by atoms with Crippen molar-refractivity contribution in [3.05, 3.63) is 41.8 Å². The zero-order chi connectivity index (χ0) is 18.1. The number of aromatic nitrogens is 5. The second-order valence-corrected chi connectivity index (χ2v) is 6.41. The molecule has 3 N–H and O–H groups in total. The number of carbonyl (C=O) groups excluding carboxylic acids is 1. The van der Waals surface area contributed by atoms with Crippen molar-refractivity contribution in [3.8, 4) is 11.4 Å². The summed E-state index contributed by atoms with van der Waals surface area (Å²) in [6.45, 7) is 3.64. The molecule has 134 valence electrons. The molecule has 2 aromatic heterocycles. The van der Waals surface area contributed by atoms with Crippen LogP contribution in [0, 0.1) is 6.92 Å². The van der Waals surface area contributed by atoms with Crippen molar-refractivity contribution >= 4 is 11.7 Å². The van der Waals surface area contributed by atoms with Crippen molar-refractivity contribution in [3.63, 3.8) is 0 Å². The van der Waals surface area contributed by atoms with Gasteiger partial charge in [-0.05, 0) is 38.8 Å². The van der Waals surface area contributed by atoms with E-state index in [9.17, 15) is 4.79 Å². The topological polar surface area (TPSA) is 122 Å². The molecule has 1 aliphatic carbocycles. The van der Waals surface area contributed by atoms with Gasteiger partial charge in [0.15, 0.2) is 11.6 Å². The van der Waals surface area contributed by atoms with Crippen LogP contribution in [0.2, 0.25) is 0 Å². The summed E-state index contributed by atoms with van der Waals surface area (Å²) in [6.07, 6.45) is 2.20. The van der Waals surface area contributed by atoms with Crippen molar-refractivity contribution in [1.29, 1.82) is 0 Å². The number of nitrogens with zero attached hydrogens (tertiary/aromatic N) is 4. The van der Waals surface area contributed by atoms with E-state index in [-0.39, 0.29) is 12.1 Å². The van der Waals surface area contributed by atoms with Gasteiger partial charge in [0.25, 0.3) is 0 Å². The Bertz CT molecular complexity index is 929. The highest BCUT2D eigenvalue weighted by molar-refractivity contribution is 5.90. The summed E-state index contributed by atoms with van der Waals surface area (Å²) in [5.74, 6) is 2.86. The van der Waals surface area contributed by atoms with Gasteiger partial charge in [-0.15, -0.1) is 0 Å². The largest absolute Gasteiger partial charge is 0.337 e. The maximum Gasteiger partial charge on any atom is 0.319 e. The predicted octanol–water partition coefficient (Wildman–Crippen LogP) is 2.92. The van der Waals surface area contributed by atoms with Gasteiger partial charge in [-0.2, -0.15) is 10.1 Å². The van der Waals surface area contributed by atoms with E-state index in [0.29, 0.717) is 23.3 Å². The van der Waals surface area contributed by atoms with E-state index in [1.807, 2.05) is 25.1 Å². The van der Waals surface area contributed by atoms with Crippen molar-refractivity contribution < 1.29 is 9.32 Å². The minimum Gasteiger partial charge on any atom is -0.337 e. The maximum atomic E-state index is 12.3. The fraction of sp³-hybridized carbons (Fsp3) is 0.353. The number of rotatable bonds is 5. The van der Waals surface area contributed by atoms with Gasteiger partial charge < -0.3 is 15.2 Å². The first-order valence-electron chi connectivity index (χ1n) is 8.49. The van der Waals surface area contributed by atoms with Gasteiger partial charge >= 0.3 is 6.03 Å². The summed E-state index contributed by atoms with van der Waals surface area (Å²) < 4.78 is 5.23. The van der Waals surface area contributed by atoms with Crippen molar-refractivity contribution in [2.45, 2.75) is 38.6 Å². The fourth-order valence-corrected chi connectivity index (χ4v) is 2.56. The number of carbonyl (C=O) groups is 1. The van der Waals surface area contributed by atoms with E-state index in [0.717, 1.165) is 30.1 Å². The van der Waals surface area contributed by atoms with Crippen LogP contribution in [-0.2, 0) is 0 Å². The summed E-state index contributed by atoms with van der Waals surface area (Å²) in [6, 6.07) is 6.59. The number of benzene rings is 1. The predicted molar refractivity (Wildman–Crippen MR) is 93.4 cm³/mol. The zero-order valence-electron chi connectivity index (χ0n) is 14.5. The first kappa shape index (κ1) is 16.2. The van der Waals surface area contributed by atoms with E-state index < -0.39 is 0 Å². The van der Waals surface area contributed by atoms with Crippen molar-refractivity contribution in [2.24, 2.45) is 0 Å². The molecule has 2 amide bonds. The number of hydrogen-bond acceptors (Lipinski definition) is 6. The summed E-state index contributed by atoms with van der Waals surface area (Å²) >= 11 is 0. The van der Waals surface area contributed by atoms with E-state index >= 15 is 0 Å². The number of urea groups is 1. The lowest BCUT2D eigenvalue weighted by atomic mass is 10.2. The zero-order valence-corrected chi connectivity index (χ0v) is 14.5. The Kier molecular flexibility index (Phi) is 4.11. The molecule has 1 atom stereocenters.